The Balaban J connectivity index is 1.45. The lowest BCUT2D eigenvalue weighted by atomic mass is 10.2. The molecule has 1 aliphatic heterocycles. The molecular weight excluding hydrogens is 342 g/mol. The van der Waals surface area contributed by atoms with Crippen LogP contribution in [0.15, 0.2) is 42.5 Å². The van der Waals surface area contributed by atoms with E-state index in [4.69, 9.17) is 9.47 Å². The Morgan fingerprint density at radius 1 is 1.00 bits per heavy atom. The molecule has 3 rings (SSSR count). The van der Waals surface area contributed by atoms with E-state index in [1.54, 1.807) is 14.2 Å². The van der Waals surface area contributed by atoms with Gasteiger partial charge < -0.3 is 25.0 Å². The van der Waals surface area contributed by atoms with Crippen LogP contribution < -0.4 is 25.0 Å². The number of benzene rings is 2. The molecule has 0 radical (unpaired) electrons. The maximum atomic E-state index is 12.1. The van der Waals surface area contributed by atoms with E-state index < -0.39 is 0 Å². The van der Waals surface area contributed by atoms with Crippen LogP contribution >= 0.6 is 0 Å². The molecule has 2 aromatic rings. The highest BCUT2D eigenvalue weighted by atomic mass is 16.5. The van der Waals surface area contributed by atoms with Gasteiger partial charge in [0.25, 0.3) is 0 Å². The Hall–Kier alpha value is -2.73. The molecule has 27 heavy (non-hydrogen) atoms. The molecular formula is C21H27N3O3. The fourth-order valence-corrected chi connectivity index (χ4v) is 3.25. The van der Waals surface area contributed by atoms with Crippen LogP contribution in [0.3, 0.4) is 0 Å². The van der Waals surface area contributed by atoms with Crippen LogP contribution in [0.25, 0.3) is 0 Å². The summed E-state index contributed by atoms with van der Waals surface area (Å²) in [7, 11) is 3.22. The lowest BCUT2D eigenvalue weighted by Gasteiger charge is -2.17. The van der Waals surface area contributed by atoms with Crippen LogP contribution in [0.4, 0.5) is 11.4 Å². The molecule has 6 heteroatoms. The average molecular weight is 369 g/mol. The maximum absolute atomic E-state index is 12.1. The third-order valence-corrected chi connectivity index (χ3v) is 4.68. The number of hydrogen-bond acceptors (Lipinski definition) is 5. The second-order valence-corrected chi connectivity index (χ2v) is 6.58. The molecule has 1 heterocycles. The van der Waals surface area contributed by atoms with Gasteiger partial charge in [-0.05, 0) is 54.8 Å². The summed E-state index contributed by atoms with van der Waals surface area (Å²) in [5.74, 6) is 1.31. The van der Waals surface area contributed by atoms with E-state index in [1.807, 2.05) is 30.3 Å². The molecule has 0 bridgehead atoms. The fourth-order valence-electron chi connectivity index (χ4n) is 3.25. The third-order valence-electron chi connectivity index (χ3n) is 4.68. The van der Waals surface area contributed by atoms with Gasteiger partial charge in [0.05, 0.1) is 20.8 Å². The molecule has 2 aromatic carbocycles. The predicted molar refractivity (Wildman–Crippen MR) is 108 cm³/mol. The Bertz CT molecular complexity index is 756. The molecule has 0 saturated carbocycles. The monoisotopic (exact) mass is 369 g/mol. The molecule has 0 atom stereocenters. The molecule has 1 amide bonds. The molecule has 0 unspecified atom stereocenters. The molecule has 0 aliphatic carbocycles. The van der Waals surface area contributed by atoms with E-state index in [-0.39, 0.29) is 12.5 Å². The van der Waals surface area contributed by atoms with Gasteiger partial charge >= 0.3 is 0 Å². The second-order valence-electron chi connectivity index (χ2n) is 6.58. The second kappa shape index (κ2) is 9.28. The zero-order valence-corrected chi connectivity index (χ0v) is 16.0. The summed E-state index contributed by atoms with van der Waals surface area (Å²) in [6.07, 6.45) is 2.51. The minimum Gasteiger partial charge on any atom is -0.493 e. The molecule has 0 aromatic heterocycles. The largest absolute Gasteiger partial charge is 0.493 e. The van der Waals surface area contributed by atoms with Crippen molar-refractivity contribution in [2.24, 2.45) is 0 Å². The average Bonchev–Trinajstić information content (AvgIpc) is 3.23. The Morgan fingerprint density at radius 3 is 2.37 bits per heavy atom. The zero-order chi connectivity index (χ0) is 19.1. The number of nitrogens with zero attached hydrogens (tertiary/aromatic N) is 1. The van der Waals surface area contributed by atoms with Crippen LogP contribution in [0, 0.1) is 0 Å². The maximum Gasteiger partial charge on any atom is 0.238 e. The predicted octanol–water partition coefficient (Wildman–Crippen LogP) is 3.03. The lowest BCUT2D eigenvalue weighted by molar-refractivity contribution is -0.115. The molecule has 0 spiro atoms. The summed E-state index contributed by atoms with van der Waals surface area (Å²) < 4.78 is 10.5. The first-order valence-corrected chi connectivity index (χ1v) is 9.26. The number of anilines is 2. The number of methoxy groups -OCH3 is 2. The summed E-state index contributed by atoms with van der Waals surface area (Å²) in [5.41, 5.74) is 3.06. The van der Waals surface area contributed by atoms with Crippen LogP contribution in [0.5, 0.6) is 11.5 Å². The normalized spacial score (nSPS) is 13.5. The van der Waals surface area contributed by atoms with Crippen LogP contribution in [-0.4, -0.2) is 39.8 Å². The lowest BCUT2D eigenvalue weighted by Crippen LogP contribution is -2.27. The van der Waals surface area contributed by atoms with E-state index in [9.17, 15) is 4.79 Å². The minimum absolute atomic E-state index is 0.0654. The van der Waals surface area contributed by atoms with Crippen molar-refractivity contribution in [3.8, 4) is 11.5 Å². The van der Waals surface area contributed by atoms with E-state index in [0.29, 0.717) is 18.0 Å². The molecule has 1 saturated heterocycles. The first kappa shape index (κ1) is 19.0. The van der Waals surface area contributed by atoms with Gasteiger partial charge in [-0.25, -0.2) is 0 Å². The van der Waals surface area contributed by atoms with E-state index in [0.717, 1.165) is 24.3 Å². The molecule has 6 nitrogen and oxygen atoms in total. The minimum atomic E-state index is -0.0654. The van der Waals surface area contributed by atoms with Crippen molar-refractivity contribution < 1.29 is 14.3 Å². The standard InChI is InChI=1S/C21H27N3O3/c1-26-19-10-5-16(13-20(19)27-2)14-22-15-21(25)23-17-6-8-18(9-7-17)24-11-3-4-12-24/h5-10,13,22H,3-4,11-12,14-15H2,1-2H3,(H,23,25). The van der Waals surface area contributed by atoms with Crippen molar-refractivity contribution in [2.45, 2.75) is 19.4 Å². The van der Waals surface area contributed by atoms with Crippen molar-refractivity contribution in [1.82, 2.24) is 5.32 Å². The van der Waals surface area contributed by atoms with Gasteiger partial charge in [0.15, 0.2) is 11.5 Å². The van der Waals surface area contributed by atoms with Crippen molar-refractivity contribution in [2.75, 3.05) is 44.1 Å². The fraction of sp³-hybridized carbons (Fsp3) is 0.381. The number of ether oxygens (including phenoxy) is 2. The summed E-state index contributed by atoms with van der Waals surface area (Å²) in [6, 6.07) is 13.8. The Labute approximate surface area is 160 Å². The van der Waals surface area contributed by atoms with Crippen LogP contribution in [-0.2, 0) is 11.3 Å². The number of nitrogens with one attached hydrogen (secondary N) is 2. The molecule has 144 valence electrons. The van der Waals surface area contributed by atoms with E-state index >= 15 is 0 Å². The topological polar surface area (TPSA) is 62.8 Å². The molecule has 1 aliphatic rings. The van der Waals surface area contributed by atoms with Crippen molar-refractivity contribution in [1.29, 1.82) is 0 Å². The van der Waals surface area contributed by atoms with Gasteiger partial charge in [-0.2, -0.15) is 0 Å². The summed E-state index contributed by atoms with van der Waals surface area (Å²) in [5, 5.41) is 6.07. The van der Waals surface area contributed by atoms with Crippen LogP contribution in [0.1, 0.15) is 18.4 Å². The van der Waals surface area contributed by atoms with Crippen molar-refractivity contribution >= 4 is 17.3 Å². The summed E-state index contributed by atoms with van der Waals surface area (Å²) in [4.78, 5) is 14.5. The Morgan fingerprint density at radius 2 is 1.70 bits per heavy atom. The number of rotatable bonds is 8. The smallest absolute Gasteiger partial charge is 0.238 e. The first-order chi connectivity index (χ1) is 13.2. The SMILES string of the molecule is COc1ccc(CNCC(=O)Nc2ccc(N3CCCC3)cc2)cc1OC. The quantitative estimate of drug-likeness (QED) is 0.749. The van der Waals surface area contributed by atoms with E-state index in [2.05, 4.69) is 27.7 Å². The third kappa shape index (κ3) is 5.14. The summed E-state index contributed by atoms with van der Waals surface area (Å²) in [6.45, 7) is 3.04. The van der Waals surface area contributed by atoms with Crippen LogP contribution in [0.2, 0.25) is 0 Å². The van der Waals surface area contributed by atoms with Crippen molar-refractivity contribution in [3.05, 3.63) is 48.0 Å². The highest BCUT2D eigenvalue weighted by Crippen LogP contribution is 2.27. The number of carbonyl (C=O) groups is 1. The number of hydrogen-bond donors (Lipinski definition) is 2. The highest BCUT2D eigenvalue weighted by molar-refractivity contribution is 5.92. The number of carbonyl (C=O) groups excluding carboxylic acids is 1. The zero-order valence-electron chi connectivity index (χ0n) is 16.0. The molecule has 1 fully saturated rings. The van der Waals surface area contributed by atoms with Gasteiger partial charge in [0, 0.05) is 31.0 Å². The Kier molecular flexibility index (Phi) is 6.54. The van der Waals surface area contributed by atoms with Gasteiger partial charge in [0.1, 0.15) is 0 Å². The van der Waals surface area contributed by atoms with Gasteiger partial charge in [-0.3, -0.25) is 4.79 Å². The van der Waals surface area contributed by atoms with Gasteiger partial charge in [-0.15, -0.1) is 0 Å². The van der Waals surface area contributed by atoms with Gasteiger partial charge in [-0.1, -0.05) is 6.07 Å². The summed E-state index contributed by atoms with van der Waals surface area (Å²) >= 11 is 0. The van der Waals surface area contributed by atoms with Crippen molar-refractivity contribution in [3.63, 3.8) is 0 Å². The van der Waals surface area contributed by atoms with E-state index in [1.165, 1.54) is 18.5 Å². The van der Waals surface area contributed by atoms with Gasteiger partial charge in [0.2, 0.25) is 5.91 Å². The first-order valence-electron chi connectivity index (χ1n) is 9.26. The molecule has 2 N–H and O–H groups in total. The highest BCUT2D eigenvalue weighted by Gasteiger charge is 2.12. The number of amides is 1.